The van der Waals surface area contributed by atoms with Gasteiger partial charge in [-0.2, -0.15) is 0 Å². The normalized spacial score (nSPS) is 12.8. The van der Waals surface area contributed by atoms with Gasteiger partial charge in [-0.05, 0) is 16.4 Å². The van der Waals surface area contributed by atoms with Crippen molar-refractivity contribution < 1.29 is 35.1 Å². The molecule has 7 rings (SSSR count). The van der Waals surface area contributed by atoms with E-state index in [0.717, 1.165) is 0 Å². The molecule has 0 aliphatic carbocycles. The molecule has 0 bridgehead atoms. The van der Waals surface area contributed by atoms with Crippen LogP contribution in [0.25, 0.3) is 43.4 Å². The first kappa shape index (κ1) is 22.1. The van der Waals surface area contributed by atoms with Crippen molar-refractivity contribution in [1.29, 1.82) is 0 Å². The molecular weight excluding hydrogens is 499 g/mol. The minimum absolute atomic E-state index is 0.144. The minimum Gasteiger partial charge on any atom is -0.207 e. The molecule has 180 valence electrons. The second-order valence-electron chi connectivity index (χ2n) is 8.98. The maximum atomic E-state index is 16.4. The van der Waals surface area contributed by atoms with E-state index >= 15 is 26.3 Å². The lowest BCUT2D eigenvalue weighted by atomic mass is 9.33. The number of hydrogen-bond acceptors (Lipinski definition) is 0. The summed E-state index contributed by atoms with van der Waals surface area (Å²) in [7, 11) is 0. The largest absolute Gasteiger partial charge is 0.246 e. The molecule has 37 heavy (non-hydrogen) atoms. The molecule has 0 saturated carbocycles. The molecule has 6 aromatic carbocycles. The molecule has 6 aromatic rings. The molecule has 0 nitrogen and oxygen atoms in total. The van der Waals surface area contributed by atoms with E-state index < -0.39 is 85.7 Å². The summed E-state index contributed by atoms with van der Waals surface area (Å²) in [5, 5.41) is -5.66. The maximum Gasteiger partial charge on any atom is 0.246 e. The summed E-state index contributed by atoms with van der Waals surface area (Å²) in [4.78, 5) is 0. The lowest BCUT2D eigenvalue weighted by Crippen LogP contribution is -2.56. The van der Waals surface area contributed by atoms with Crippen LogP contribution in [0.2, 0.25) is 0 Å². The van der Waals surface area contributed by atoms with Crippen molar-refractivity contribution in [1.82, 2.24) is 0 Å². The highest BCUT2D eigenvalue weighted by atomic mass is 19.2. The van der Waals surface area contributed by atoms with Gasteiger partial charge in [-0.15, -0.1) is 0 Å². The van der Waals surface area contributed by atoms with Crippen LogP contribution < -0.4 is 16.4 Å². The van der Waals surface area contributed by atoms with Gasteiger partial charge < -0.3 is 0 Å². The summed E-state index contributed by atoms with van der Waals surface area (Å²) in [6, 6.07) is 14.4. The number of rotatable bonds is 1. The zero-order valence-corrected chi connectivity index (χ0v) is 18.3. The van der Waals surface area contributed by atoms with Gasteiger partial charge in [-0.25, -0.2) is 35.1 Å². The molecule has 1 heterocycles. The zero-order chi connectivity index (χ0) is 25.9. The third-order valence-electron chi connectivity index (χ3n) is 7.28. The molecule has 0 saturated heterocycles. The predicted molar refractivity (Wildman–Crippen MR) is 126 cm³/mol. The van der Waals surface area contributed by atoms with E-state index in [-0.39, 0.29) is 16.4 Å². The lowest BCUT2D eigenvalue weighted by Gasteiger charge is -2.30. The number of benzene rings is 6. The molecule has 9 heteroatoms. The average molecular weight is 508 g/mol. The van der Waals surface area contributed by atoms with Gasteiger partial charge >= 0.3 is 0 Å². The molecule has 1 aliphatic heterocycles. The Kier molecular flexibility index (Phi) is 4.31. The van der Waals surface area contributed by atoms with Gasteiger partial charge in [0.05, 0.1) is 16.2 Å². The Morgan fingerprint density at radius 3 is 1.54 bits per heavy atom. The molecule has 0 atom stereocenters. The number of halogens is 8. The van der Waals surface area contributed by atoms with Crippen molar-refractivity contribution in [3.05, 3.63) is 101 Å². The Morgan fingerprint density at radius 1 is 0.405 bits per heavy atom. The summed E-state index contributed by atoms with van der Waals surface area (Å²) < 4.78 is 122. The van der Waals surface area contributed by atoms with E-state index in [0.29, 0.717) is 10.9 Å². The third kappa shape index (κ3) is 2.49. The molecule has 0 N–H and O–H groups in total. The molecule has 0 amide bonds. The van der Waals surface area contributed by atoms with Gasteiger partial charge in [0, 0.05) is 16.3 Å². The van der Waals surface area contributed by atoms with E-state index in [1.807, 2.05) is 0 Å². The first-order valence-electron chi connectivity index (χ1n) is 11.1. The van der Waals surface area contributed by atoms with Crippen LogP contribution >= 0.6 is 0 Å². The van der Waals surface area contributed by atoms with E-state index in [4.69, 9.17) is 0 Å². The fraction of sp³-hybridized carbons (Fsp3) is 0. The van der Waals surface area contributed by atoms with Gasteiger partial charge in [0.15, 0.2) is 40.7 Å². The summed E-state index contributed by atoms with van der Waals surface area (Å²) in [6.45, 7) is -1.04. The van der Waals surface area contributed by atoms with Crippen LogP contribution in [0.4, 0.5) is 35.1 Å². The molecule has 0 spiro atoms. The summed E-state index contributed by atoms with van der Waals surface area (Å²) in [5.41, 5.74) is 0.100. The highest BCUT2D eigenvalue weighted by Crippen LogP contribution is 2.47. The summed E-state index contributed by atoms with van der Waals surface area (Å²) in [5.74, 6) is -15.1. The van der Waals surface area contributed by atoms with Gasteiger partial charge in [-0.1, -0.05) is 65.5 Å². The Labute approximate surface area is 203 Å². The molecular formula is C28H9BF8. The fourth-order valence-corrected chi connectivity index (χ4v) is 5.85. The topological polar surface area (TPSA) is 0 Å². The lowest BCUT2D eigenvalue weighted by molar-refractivity contribution is 0.451. The smallest absolute Gasteiger partial charge is 0.207 e. The predicted octanol–water partition coefficient (Wildman–Crippen LogP) is 6.19. The first-order chi connectivity index (χ1) is 17.8. The van der Waals surface area contributed by atoms with E-state index in [1.54, 1.807) is 42.5 Å². The van der Waals surface area contributed by atoms with Crippen LogP contribution in [0.3, 0.4) is 0 Å². The highest BCUT2D eigenvalue weighted by Gasteiger charge is 2.41. The second kappa shape index (κ2) is 7.21. The van der Waals surface area contributed by atoms with Crippen molar-refractivity contribution >= 4 is 55.4 Å². The molecule has 0 aromatic heterocycles. The number of fused-ring (bicyclic) bond motifs is 2. The van der Waals surface area contributed by atoms with Crippen molar-refractivity contribution in [2.24, 2.45) is 0 Å². The third-order valence-corrected chi connectivity index (χ3v) is 7.28. The number of hydrogen-bond donors (Lipinski definition) is 0. The van der Waals surface area contributed by atoms with Gasteiger partial charge in [0.25, 0.3) is 0 Å². The highest BCUT2D eigenvalue weighted by molar-refractivity contribution is 6.99. The van der Waals surface area contributed by atoms with Crippen LogP contribution in [0.15, 0.2) is 54.6 Å². The monoisotopic (exact) mass is 508 g/mol. The van der Waals surface area contributed by atoms with E-state index in [9.17, 15) is 8.78 Å². The standard InChI is InChI=1S/C28H9BF8/c30-21-17-15-14-16-13(11-8-4-5-9-12(11)29(20(16)21)10-6-2-1-3-7-10)22(31)23(32)18(14)24(33)25(34)19(15)27(36)28(37)26(17)35/h1-9H. The van der Waals surface area contributed by atoms with Crippen molar-refractivity contribution in [2.75, 3.05) is 0 Å². The van der Waals surface area contributed by atoms with Gasteiger partial charge in [-0.3, -0.25) is 0 Å². The van der Waals surface area contributed by atoms with Crippen molar-refractivity contribution in [3.8, 4) is 11.1 Å². The minimum atomic E-state index is -2.21. The zero-order valence-electron chi connectivity index (χ0n) is 18.3. The van der Waals surface area contributed by atoms with E-state index in [2.05, 4.69) is 0 Å². The van der Waals surface area contributed by atoms with Crippen LogP contribution in [0.1, 0.15) is 0 Å². The quantitative estimate of drug-likeness (QED) is 0.107. The van der Waals surface area contributed by atoms with Crippen LogP contribution in [-0.4, -0.2) is 6.71 Å². The maximum absolute atomic E-state index is 16.4. The first-order valence-corrected chi connectivity index (χ1v) is 11.1. The Hall–Kier alpha value is -4.14. The van der Waals surface area contributed by atoms with Gasteiger partial charge in [0.2, 0.25) is 6.71 Å². The van der Waals surface area contributed by atoms with Crippen LogP contribution in [0, 0.1) is 46.5 Å². The van der Waals surface area contributed by atoms with Crippen LogP contribution in [-0.2, 0) is 0 Å². The summed E-state index contributed by atoms with van der Waals surface area (Å²) >= 11 is 0. The fourth-order valence-electron chi connectivity index (χ4n) is 5.85. The average Bonchev–Trinajstić information content (AvgIpc) is 2.90. The Morgan fingerprint density at radius 2 is 0.892 bits per heavy atom. The molecule has 0 unspecified atom stereocenters. The summed E-state index contributed by atoms with van der Waals surface area (Å²) in [6.07, 6.45) is 0. The second-order valence-corrected chi connectivity index (χ2v) is 8.98. The van der Waals surface area contributed by atoms with E-state index in [1.165, 1.54) is 12.1 Å². The Balaban J connectivity index is 1.90. The molecule has 0 radical (unpaired) electrons. The Bertz CT molecular complexity index is 1970. The molecule has 1 aliphatic rings. The SMILES string of the molecule is Fc1c(F)c2c(F)c(F)c3c(F)c(F)c4c5c(c(F)c(c1F)c2c35)B(c1ccccc1)c1ccccc1-4. The molecule has 0 fully saturated rings. The van der Waals surface area contributed by atoms with Gasteiger partial charge in [0.1, 0.15) is 5.82 Å². The van der Waals surface area contributed by atoms with Crippen molar-refractivity contribution in [3.63, 3.8) is 0 Å². The van der Waals surface area contributed by atoms with Crippen LogP contribution in [0.5, 0.6) is 0 Å². The van der Waals surface area contributed by atoms with Crippen molar-refractivity contribution in [2.45, 2.75) is 0 Å².